The lowest BCUT2D eigenvalue weighted by Gasteiger charge is -2.53. The van der Waals surface area contributed by atoms with Gasteiger partial charge in [-0.15, -0.1) is 0 Å². The van der Waals surface area contributed by atoms with Crippen LogP contribution in [0.2, 0.25) is 0 Å². The fourth-order valence-corrected chi connectivity index (χ4v) is 4.41. The highest BCUT2D eigenvalue weighted by Gasteiger charge is 2.46. The maximum Gasteiger partial charge on any atom is 0.161 e. The van der Waals surface area contributed by atoms with Gasteiger partial charge in [0.25, 0.3) is 0 Å². The van der Waals surface area contributed by atoms with E-state index in [0.29, 0.717) is 12.6 Å². The van der Waals surface area contributed by atoms with Crippen molar-refractivity contribution >= 4 is 5.78 Å². The molecule has 2 aliphatic rings. The van der Waals surface area contributed by atoms with Crippen LogP contribution in [0.25, 0.3) is 0 Å². The number of hydrogen-bond acceptors (Lipinski definition) is 4. The van der Waals surface area contributed by atoms with Gasteiger partial charge < -0.3 is 14.6 Å². The minimum Gasteiger partial charge on any atom is -0.396 e. The van der Waals surface area contributed by atoms with Crippen LogP contribution in [0, 0.1) is 5.41 Å². The number of aromatic nitrogens is 1. The molecule has 1 N–H and O–H groups in total. The lowest BCUT2D eigenvalue weighted by molar-refractivity contribution is -0.0687. The van der Waals surface area contributed by atoms with E-state index in [4.69, 9.17) is 0 Å². The van der Waals surface area contributed by atoms with E-state index in [9.17, 15) is 9.90 Å². The lowest BCUT2D eigenvalue weighted by Crippen LogP contribution is -2.61. The van der Waals surface area contributed by atoms with Gasteiger partial charge in [-0.2, -0.15) is 0 Å². The van der Waals surface area contributed by atoms with Crippen LogP contribution in [0.4, 0.5) is 0 Å². The average molecular weight is 319 g/mol. The third-order valence-electron chi connectivity index (χ3n) is 6.00. The van der Waals surface area contributed by atoms with Crippen molar-refractivity contribution in [3.05, 3.63) is 23.5 Å². The Labute approximate surface area is 138 Å². The summed E-state index contributed by atoms with van der Waals surface area (Å²) < 4.78 is 2.06. The number of hydrogen-bond donors (Lipinski definition) is 1. The highest BCUT2D eigenvalue weighted by molar-refractivity contribution is 5.94. The smallest absolute Gasteiger partial charge is 0.161 e. The number of carbonyl (C=O) groups excluding carboxylic acids is 1. The zero-order valence-corrected chi connectivity index (χ0v) is 14.6. The summed E-state index contributed by atoms with van der Waals surface area (Å²) in [5.74, 6) is 0.122. The standard InChI is InChI=1S/C18H29N3O2/c1-14(23)15-9-16(20(3)10-15)11-21-8-6-18(13-22)5-4-7-19(2)17(18)12-21/h9-10,17,22H,4-8,11-13H2,1-3H3/t17-,18-/m1/s1. The second-order valence-electron chi connectivity index (χ2n) is 7.49. The summed E-state index contributed by atoms with van der Waals surface area (Å²) in [6, 6.07) is 2.45. The molecule has 3 rings (SSSR count). The van der Waals surface area contributed by atoms with Gasteiger partial charge in [0.05, 0.1) is 6.61 Å². The van der Waals surface area contributed by atoms with Crippen molar-refractivity contribution in [2.24, 2.45) is 12.5 Å². The summed E-state index contributed by atoms with van der Waals surface area (Å²) in [4.78, 5) is 16.5. The Kier molecular flexibility index (Phi) is 4.63. The van der Waals surface area contributed by atoms with Gasteiger partial charge in [0, 0.05) is 49.0 Å². The summed E-state index contributed by atoms with van der Waals surface area (Å²) in [7, 11) is 4.20. The Bertz CT molecular complexity index is 583. The molecule has 2 saturated heterocycles. The summed E-state index contributed by atoms with van der Waals surface area (Å²) in [5, 5.41) is 9.99. The molecule has 2 aliphatic heterocycles. The molecule has 5 heteroatoms. The molecule has 5 nitrogen and oxygen atoms in total. The Balaban J connectivity index is 1.72. The fourth-order valence-electron chi connectivity index (χ4n) is 4.41. The molecule has 128 valence electrons. The number of carbonyl (C=O) groups is 1. The largest absolute Gasteiger partial charge is 0.396 e. The molecule has 0 amide bonds. The molecule has 3 heterocycles. The highest BCUT2D eigenvalue weighted by Crippen LogP contribution is 2.41. The molecule has 0 radical (unpaired) electrons. The van der Waals surface area contributed by atoms with Crippen molar-refractivity contribution in [1.29, 1.82) is 0 Å². The minimum atomic E-state index is 0.0856. The number of aliphatic hydroxyl groups is 1. The van der Waals surface area contributed by atoms with Gasteiger partial charge >= 0.3 is 0 Å². The van der Waals surface area contributed by atoms with E-state index in [2.05, 4.69) is 21.4 Å². The molecule has 1 aromatic heterocycles. The van der Waals surface area contributed by atoms with Gasteiger partial charge in [-0.3, -0.25) is 9.69 Å². The SMILES string of the molecule is CC(=O)c1cc(CN2CC[C@@]3(CO)CCCN(C)[C@@H]3C2)n(C)c1. The number of Topliss-reactive ketones (excluding diaryl/α,β-unsaturated/α-hetero) is 1. The first-order chi connectivity index (χ1) is 10.9. The molecule has 1 aromatic rings. The van der Waals surface area contributed by atoms with Crippen molar-refractivity contribution < 1.29 is 9.90 Å². The maximum atomic E-state index is 11.6. The van der Waals surface area contributed by atoms with Gasteiger partial charge in [0.15, 0.2) is 5.78 Å². The van der Waals surface area contributed by atoms with Gasteiger partial charge in [0.1, 0.15) is 0 Å². The van der Waals surface area contributed by atoms with E-state index in [0.717, 1.165) is 44.6 Å². The van der Waals surface area contributed by atoms with Gasteiger partial charge in [-0.25, -0.2) is 0 Å². The zero-order chi connectivity index (χ0) is 16.6. The predicted molar refractivity (Wildman–Crippen MR) is 90.5 cm³/mol. The monoisotopic (exact) mass is 319 g/mol. The first-order valence-corrected chi connectivity index (χ1v) is 8.65. The number of ketones is 1. The minimum absolute atomic E-state index is 0.0856. The number of fused-ring (bicyclic) bond motifs is 1. The lowest BCUT2D eigenvalue weighted by atomic mass is 9.69. The van der Waals surface area contributed by atoms with Crippen LogP contribution in [-0.2, 0) is 13.6 Å². The molecule has 0 unspecified atom stereocenters. The second-order valence-corrected chi connectivity index (χ2v) is 7.49. The van der Waals surface area contributed by atoms with Gasteiger partial charge in [0.2, 0.25) is 0 Å². The summed E-state index contributed by atoms with van der Waals surface area (Å²) in [5.41, 5.74) is 2.06. The van der Waals surface area contributed by atoms with Crippen LogP contribution in [0.3, 0.4) is 0 Å². The second kappa shape index (κ2) is 6.38. The molecule has 0 spiro atoms. The number of likely N-dealkylation sites (N-methyl/N-ethyl adjacent to an activating group) is 1. The number of aliphatic hydroxyl groups excluding tert-OH is 1. The van der Waals surface area contributed by atoms with Crippen molar-refractivity contribution in [2.45, 2.75) is 38.8 Å². The molecule has 2 atom stereocenters. The molecule has 0 bridgehead atoms. The first kappa shape index (κ1) is 16.7. The third kappa shape index (κ3) is 3.10. The molecule has 0 aliphatic carbocycles. The number of nitrogens with zero attached hydrogens (tertiary/aromatic N) is 3. The van der Waals surface area contributed by atoms with E-state index in [1.807, 2.05) is 19.3 Å². The molecular formula is C18H29N3O2. The topological polar surface area (TPSA) is 48.7 Å². The zero-order valence-electron chi connectivity index (χ0n) is 14.6. The summed E-state index contributed by atoms with van der Waals surface area (Å²) in [6.45, 7) is 5.93. The normalized spacial score (nSPS) is 29.5. The average Bonchev–Trinajstić information content (AvgIpc) is 2.89. The van der Waals surface area contributed by atoms with Crippen molar-refractivity contribution in [3.8, 4) is 0 Å². The van der Waals surface area contributed by atoms with Crippen LogP contribution < -0.4 is 0 Å². The Hall–Kier alpha value is -1.17. The number of likely N-dealkylation sites (tertiary alicyclic amines) is 2. The predicted octanol–water partition coefficient (Wildman–Crippen LogP) is 1.51. The number of piperidine rings is 2. The van der Waals surface area contributed by atoms with Crippen LogP contribution in [0.1, 0.15) is 42.2 Å². The number of aryl methyl sites for hydroxylation is 1. The fraction of sp³-hybridized carbons (Fsp3) is 0.722. The Morgan fingerprint density at radius 3 is 2.78 bits per heavy atom. The quantitative estimate of drug-likeness (QED) is 0.855. The summed E-state index contributed by atoms with van der Waals surface area (Å²) in [6.07, 6.45) is 5.31. The van der Waals surface area contributed by atoms with Crippen LogP contribution in [-0.4, -0.2) is 64.6 Å². The van der Waals surface area contributed by atoms with E-state index in [1.54, 1.807) is 6.92 Å². The van der Waals surface area contributed by atoms with E-state index >= 15 is 0 Å². The maximum absolute atomic E-state index is 11.6. The van der Waals surface area contributed by atoms with Crippen molar-refractivity contribution in [2.75, 3.05) is 33.3 Å². The molecule has 23 heavy (non-hydrogen) atoms. The third-order valence-corrected chi connectivity index (χ3v) is 6.00. The Morgan fingerprint density at radius 1 is 1.35 bits per heavy atom. The van der Waals surface area contributed by atoms with Gasteiger partial charge in [-0.1, -0.05) is 0 Å². The van der Waals surface area contributed by atoms with Crippen LogP contribution >= 0.6 is 0 Å². The Morgan fingerprint density at radius 2 is 2.13 bits per heavy atom. The van der Waals surface area contributed by atoms with E-state index < -0.39 is 0 Å². The first-order valence-electron chi connectivity index (χ1n) is 8.65. The summed E-state index contributed by atoms with van der Waals surface area (Å²) >= 11 is 0. The van der Waals surface area contributed by atoms with Crippen LogP contribution in [0.5, 0.6) is 0 Å². The molecule has 2 fully saturated rings. The number of rotatable bonds is 4. The molecule has 0 saturated carbocycles. The van der Waals surface area contributed by atoms with Crippen molar-refractivity contribution in [1.82, 2.24) is 14.4 Å². The van der Waals surface area contributed by atoms with Crippen molar-refractivity contribution in [3.63, 3.8) is 0 Å². The highest BCUT2D eigenvalue weighted by atomic mass is 16.3. The molecule has 0 aromatic carbocycles. The van der Waals surface area contributed by atoms with E-state index in [1.165, 1.54) is 12.1 Å². The molecular weight excluding hydrogens is 290 g/mol. The van der Waals surface area contributed by atoms with E-state index in [-0.39, 0.29) is 11.2 Å². The van der Waals surface area contributed by atoms with Gasteiger partial charge in [-0.05, 0) is 52.4 Å². The van der Waals surface area contributed by atoms with Crippen LogP contribution in [0.15, 0.2) is 12.3 Å².